The van der Waals surface area contributed by atoms with Crippen LogP contribution >= 0.6 is 11.3 Å². The molecule has 1 aromatic carbocycles. The van der Waals surface area contributed by atoms with Gasteiger partial charge in [0, 0.05) is 36.1 Å². The van der Waals surface area contributed by atoms with Gasteiger partial charge in [-0.2, -0.15) is 0 Å². The first-order chi connectivity index (χ1) is 16.6. The van der Waals surface area contributed by atoms with Crippen molar-refractivity contribution >= 4 is 23.2 Å². The summed E-state index contributed by atoms with van der Waals surface area (Å²) in [6.07, 6.45) is 4.38. The van der Waals surface area contributed by atoms with E-state index in [0.29, 0.717) is 25.2 Å². The van der Waals surface area contributed by atoms with Gasteiger partial charge in [-0.1, -0.05) is 36.4 Å². The third kappa shape index (κ3) is 4.64. The van der Waals surface area contributed by atoms with Gasteiger partial charge in [0.15, 0.2) is 0 Å². The molecule has 1 N–H and O–H groups in total. The smallest absolute Gasteiger partial charge is 0.253 e. The van der Waals surface area contributed by atoms with Crippen LogP contribution in [0.5, 0.6) is 0 Å². The lowest BCUT2D eigenvalue weighted by molar-refractivity contribution is -0.135. The van der Waals surface area contributed by atoms with Crippen molar-refractivity contribution in [1.82, 2.24) is 15.2 Å². The molecule has 0 spiro atoms. The first-order valence-electron chi connectivity index (χ1n) is 12.2. The van der Waals surface area contributed by atoms with Crippen molar-refractivity contribution in [3.63, 3.8) is 0 Å². The average Bonchev–Trinajstić information content (AvgIpc) is 3.52. The fourth-order valence-electron chi connectivity index (χ4n) is 5.10. The second-order valence-corrected chi connectivity index (χ2v) is 10.5. The average molecular weight is 474 g/mol. The number of carbonyl (C=O) groups excluding carboxylic acids is 2. The minimum absolute atomic E-state index is 0.0569. The van der Waals surface area contributed by atoms with Gasteiger partial charge in [0.25, 0.3) is 5.91 Å². The highest BCUT2D eigenvalue weighted by Gasteiger charge is 2.53. The summed E-state index contributed by atoms with van der Waals surface area (Å²) in [6, 6.07) is 18.1. The van der Waals surface area contributed by atoms with E-state index in [9.17, 15) is 9.59 Å². The molecule has 2 fully saturated rings. The lowest BCUT2D eigenvalue weighted by atomic mass is 9.88. The van der Waals surface area contributed by atoms with Gasteiger partial charge in [0.05, 0.1) is 16.7 Å². The zero-order valence-corrected chi connectivity index (χ0v) is 20.4. The number of amides is 2. The number of hydrogen-bond acceptors (Lipinski definition) is 4. The summed E-state index contributed by atoms with van der Waals surface area (Å²) in [5.74, 6) is 0.397. The van der Waals surface area contributed by atoms with Crippen molar-refractivity contribution < 1.29 is 9.59 Å². The minimum atomic E-state index is -0.316. The molecule has 3 heterocycles. The Kier molecular flexibility index (Phi) is 6.50. The van der Waals surface area contributed by atoms with Gasteiger partial charge in [-0.3, -0.25) is 14.6 Å². The summed E-state index contributed by atoms with van der Waals surface area (Å²) in [5.41, 5.74) is 3.30. The molecule has 2 amide bonds. The number of benzene rings is 1. The zero-order valence-electron chi connectivity index (χ0n) is 19.6. The molecule has 0 atom stereocenters. The number of carbonyl (C=O) groups is 2. The predicted octanol–water partition coefficient (Wildman–Crippen LogP) is 4.86. The van der Waals surface area contributed by atoms with Crippen LogP contribution in [0.2, 0.25) is 0 Å². The van der Waals surface area contributed by atoms with E-state index in [-0.39, 0.29) is 23.1 Å². The number of aromatic nitrogens is 1. The Labute approximate surface area is 205 Å². The van der Waals surface area contributed by atoms with Gasteiger partial charge in [-0.25, -0.2) is 0 Å². The number of nitrogens with one attached hydrogen (secondary N) is 1. The second kappa shape index (κ2) is 9.71. The lowest BCUT2D eigenvalue weighted by Crippen LogP contribution is -2.44. The van der Waals surface area contributed by atoms with Crippen LogP contribution in [0.25, 0.3) is 0 Å². The number of piperidine rings is 1. The number of thiophene rings is 1. The van der Waals surface area contributed by atoms with Crippen molar-refractivity contribution in [2.24, 2.45) is 0 Å². The molecule has 5 rings (SSSR count). The van der Waals surface area contributed by atoms with Crippen LogP contribution in [0.1, 0.15) is 63.8 Å². The Morgan fingerprint density at radius 1 is 1.06 bits per heavy atom. The van der Waals surface area contributed by atoms with Crippen LogP contribution in [0.4, 0.5) is 0 Å². The normalized spacial score (nSPS) is 17.4. The molecule has 0 radical (unpaired) electrons. The van der Waals surface area contributed by atoms with Crippen molar-refractivity contribution in [2.45, 2.75) is 50.4 Å². The highest BCUT2D eigenvalue weighted by Crippen LogP contribution is 2.50. The van der Waals surface area contributed by atoms with Gasteiger partial charge in [0.1, 0.15) is 0 Å². The van der Waals surface area contributed by atoms with E-state index in [0.717, 1.165) is 49.1 Å². The molecule has 2 aliphatic rings. The fourth-order valence-corrected chi connectivity index (χ4v) is 5.81. The molecule has 1 aliphatic heterocycles. The zero-order chi connectivity index (χ0) is 23.5. The highest BCUT2D eigenvalue weighted by molar-refractivity contribution is 7.09. The van der Waals surface area contributed by atoms with Crippen molar-refractivity contribution in [3.05, 3.63) is 87.4 Å². The summed E-state index contributed by atoms with van der Waals surface area (Å²) >= 11 is 1.71. The van der Waals surface area contributed by atoms with E-state index >= 15 is 0 Å². The maximum Gasteiger partial charge on any atom is 0.253 e. The molecule has 3 aromatic rings. The SMILES string of the molecule is Cc1ccc(C(=O)NCCc2cccs2)c(C2CCN(C(=O)C3(c4ccccc4)CC3)CC2)n1. The maximum absolute atomic E-state index is 13.4. The number of likely N-dealkylation sites (tertiary alicyclic amines) is 1. The molecule has 5 nitrogen and oxygen atoms in total. The Hall–Kier alpha value is -2.99. The fraction of sp³-hybridized carbons (Fsp3) is 0.393. The van der Waals surface area contributed by atoms with E-state index in [1.807, 2.05) is 48.2 Å². The van der Waals surface area contributed by atoms with Gasteiger partial charge in [0.2, 0.25) is 5.91 Å². The summed E-state index contributed by atoms with van der Waals surface area (Å²) in [6.45, 7) is 4.01. The molecule has 176 valence electrons. The monoisotopic (exact) mass is 473 g/mol. The van der Waals surface area contributed by atoms with Crippen LogP contribution in [0.3, 0.4) is 0 Å². The molecule has 2 aromatic heterocycles. The molecular formula is C28H31N3O2S. The van der Waals surface area contributed by atoms with Gasteiger partial charge < -0.3 is 10.2 Å². The molecule has 0 unspecified atom stereocenters. The Morgan fingerprint density at radius 3 is 2.50 bits per heavy atom. The lowest BCUT2D eigenvalue weighted by Gasteiger charge is -2.35. The van der Waals surface area contributed by atoms with E-state index in [2.05, 4.69) is 28.9 Å². The third-order valence-electron chi connectivity index (χ3n) is 7.20. The quantitative estimate of drug-likeness (QED) is 0.533. The van der Waals surface area contributed by atoms with E-state index in [4.69, 9.17) is 4.98 Å². The number of aryl methyl sites for hydroxylation is 1. The summed E-state index contributed by atoms with van der Waals surface area (Å²) in [7, 11) is 0. The van der Waals surface area contributed by atoms with E-state index < -0.39 is 0 Å². The largest absolute Gasteiger partial charge is 0.352 e. The molecule has 0 bridgehead atoms. The minimum Gasteiger partial charge on any atom is -0.352 e. The second-order valence-electron chi connectivity index (χ2n) is 9.49. The summed E-state index contributed by atoms with van der Waals surface area (Å²) in [5, 5.41) is 5.13. The van der Waals surface area contributed by atoms with Crippen LogP contribution < -0.4 is 5.32 Å². The van der Waals surface area contributed by atoms with E-state index in [1.165, 1.54) is 4.88 Å². The number of pyridine rings is 1. The van der Waals surface area contributed by atoms with Crippen molar-refractivity contribution in [1.29, 1.82) is 0 Å². The summed E-state index contributed by atoms with van der Waals surface area (Å²) < 4.78 is 0. The Balaban J connectivity index is 1.23. The number of hydrogen-bond donors (Lipinski definition) is 1. The van der Waals surface area contributed by atoms with E-state index in [1.54, 1.807) is 11.3 Å². The van der Waals surface area contributed by atoms with Crippen LogP contribution in [0.15, 0.2) is 60.0 Å². The first-order valence-corrected chi connectivity index (χ1v) is 13.1. The Bertz CT molecular complexity index is 1150. The molecule has 6 heteroatoms. The number of nitrogens with zero attached hydrogens (tertiary/aromatic N) is 2. The van der Waals surface area contributed by atoms with Crippen LogP contribution in [0, 0.1) is 6.92 Å². The van der Waals surface area contributed by atoms with Crippen LogP contribution in [-0.4, -0.2) is 41.3 Å². The Morgan fingerprint density at radius 2 is 1.82 bits per heavy atom. The first kappa shape index (κ1) is 22.8. The third-order valence-corrected chi connectivity index (χ3v) is 8.14. The predicted molar refractivity (Wildman–Crippen MR) is 135 cm³/mol. The van der Waals surface area contributed by atoms with Gasteiger partial charge >= 0.3 is 0 Å². The van der Waals surface area contributed by atoms with Crippen molar-refractivity contribution in [2.75, 3.05) is 19.6 Å². The van der Waals surface area contributed by atoms with Crippen molar-refractivity contribution in [3.8, 4) is 0 Å². The topological polar surface area (TPSA) is 62.3 Å². The molecule has 1 aliphatic carbocycles. The van der Waals surface area contributed by atoms with Crippen LogP contribution in [-0.2, 0) is 16.6 Å². The molecule has 1 saturated carbocycles. The standard InChI is InChI=1S/C28H31N3O2S/c1-20-9-10-24(26(32)29-16-11-23-8-5-19-34-23)25(30-20)21-12-17-31(18-13-21)27(33)28(14-15-28)22-6-3-2-4-7-22/h2-10,19,21H,11-18H2,1H3,(H,29,32). The van der Waals surface area contributed by atoms with Gasteiger partial charge in [-0.05, 0) is 68.2 Å². The molecule has 34 heavy (non-hydrogen) atoms. The van der Waals surface area contributed by atoms with Gasteiger partial charge in [-0.15, -0.1) is 11.3 Å². The number of rotatable bonds is 7. The molecule has 1 saturated heterocycles. The summed E-state index contributed by atoms with van der Waals surface area (Å²) in [4.78, 5) is 34.5. The molecular weight excluding hydrogens is 442 g/mol. The maximum atomic E-state index is 13.4. The highest BCUT2D eigenvalue weighted by atomic mass is 32.1.